The van der Waals surface area contributed by atoms with Gasteiger partial charge in [0.2, 0.25) is 0 Å². The lowest BCUT2D eigenvalue weighted by Gasteiger charge is -2.07. The lowest BCUT2D eigenvalue weighted by molar-refractivity contribution is 0.306. The summed E-state index contributed by atoms with van der Waals surface area (Å²) >= 11 is 12.1. The van der Waals surface area contributed by atoms with Gasteiger partial charge in [-0.2, -0.15) is 0 Å². The number of aryl methyl sites for hydroxylation is 1. The average molecular weight is 370 g/mol. The van der Waals surface area contributed by atoms with Gasteiger partial charge in [-0.1, -0.05) is 53.5 Å². The Morgan fingerprint density at radius 1 is 0.960 bits per heavy atom. The third kappa shape index (κ3) is 5.09. The quantitative estimate of drug-likeness (QED) is 0.462. The summed E-state index contributed by atoms with van der Waals surface area (Å²) in [5, 5.41) is 1.42. The Kier molecular flexibility index (Phi) is 5.75. The zero-order valence-corrected chi connectivity index (χ0v) is 15.3. The molecule has 126 valence electrons. The van der Waals surface area contributed by atoms with E-state index in [0.29, 0.717) is 16.7 Å². The van der Waals surface area contributed by atoms with Crippen LogP contribution in [-0.2, 0) is 6.61 Å². The van der Waals surface area contributed by atoms with Crippen molar-refractivity contribution in [2.75, 3.05) is 0 Å². The van der Waals surface area contributed by atoms with Crippen molar-refractivity contribution >= 4 is 35.1 Å². The van der Waals surface area contributed by atoms with Gasteiger partial charge < -0.3 is 4.74 Å². The van der Waals surface area contributed by atoms with Gasteiger partial charge in [0.05, 0.1) is 5.69 Å². The predicted molar refractivity (Wildman–Crippen MR) is 106 cm³/mol. The first-order valence-electron chi connectivity index (χ1n) is 7.88. The first-order valence-corrected chi connectivity index (χ1v) is 8.63. The molecule has 3 rings (SSSR count). The second kappa shape index (κ2) is 8.19. The normalized spacial score (nSPS) is 11.0. The largest absolute Gasteiger partial charge is 0.489 e. The van der Waals surface area contributed by atoms with Crippen molar-refractivity contribution in [3.8, 4) is 5.75 Å². The average Bonchev–Trinajstić information content (AvgIpc) is 2.61. The molecule has 0 bridgehead atoms. The molecule has 0 atom stereocenters. The summed E-state index contributed by atoms with van der Waals surface area (Å²) in [5.41, 5.74) is 3.85. The first-order chi connectivity index (χ1) is 12.1. The zero-order chi connectivity index (χ0) is 17.6. The zero-order valence-electron chi connectivity index (χ0n) is 13.7. The van der Waals surface area contributed by atoms with Crippen molar-refractivity contribution < 1.29 is 4.74 Å². The Labute approximate surface area is 157 Å². The standard InChI is InChI=1S/C21H17Cl2NO/c1-15-8-9-19(12-21(15)23)24-13-16-4-3-7-20(11-16)25-14-17-5-2-6-18(22)10-17/h2-13H,14H2,1H3. The van der Waals surface area contributed by atoms with Crippen molar-refractivity contribution in [2.45, 2.75) is 13.5 Å². The van der Waals surface area contributed by atoms with Crippen LogP contribution in [-0.4, -0.2) is 6.21 Å². The van der Waals surface area contributed by atoms with E-state index in [4.69, 9.17) is 27.9 Å². The molecule has 3 aromatic rings. The summed E-state index contributed by atoms with van der Waals surface area (Å²) in [6.45, 7) is 2.44. The van der Waals surface area contributed by atoms with E-state index in [0.717, 1.165) is 28.1 Å². The molecule has 0 unspecified atom stereocenters. The maximum absolute atomic E-state index is 6.13. The fourth-order valence-electron chi connectivity index (χ4n) is 2.29. The van der Waals surface area contributed by atoms with Crippen LogP contribution in [0.25, 0.3) is 0 Å². The number of hydrogen-bond acceptors (Lipinski definition) is 2. The van der Waals surface area contributed by atoms with Gasteiger partial charge in [-0.05, 0) is 60.0 Å². The molecule has 25 heavy (non-hydrogen) atoms. The molecule has 0 amide bonds. The molecule has 4 heteroatoms. The Morgan fingerprint density at radius 2 is 1.80 bits per heavy atom. The summed E-state index contributed by atoms with van der Waals surface area (Å²) in [5.74, 6) is 0.783. The third-order valence-electron chi connectivity index (χ3n) is 3.67. The fraction of sp³-hybridized carbons (Fsp3) is 0.0952. The summed E-state index contributed by atoms with van der Waals surface area (Å²) in [7, 11) is 0. The van der Waals surface area contributed by atoms with Crippen LogP contribution in [0.5, 0.6) is 5.75 Å². The first kappa shape index (κ1) is 17.5. The van der Waals surface area contributed by atoms with Crippen molar-refractivity contribution in [3.63, 3.8) is 0 Å². The molecule has 3 aromatic carbocycles. The fourth-order valence-corrected chi connectivity index (χ4v) is 2.68. The Hall–Kier alpha value is -2.29. The summed E-state index contributed by atoms with van der Waals surface area (Å²) < 4.78 is 5.83. The lowest BCUT2D eigenvalue weighted by atomic mass is 10.2. The van der Waals surface area contributed by atoms with Crippen LogP contribution in [0.2, 0.25) is 10.0 Å². The smallest absolute Gasteiger partial charge is 0.120 e. The minimum absolute atomic E-state index is 0.467. The Morgan fingerprint density at radius 3 is 2.60 bits per heavy atom. The van der Waals surface area contributed by atoms with Crippen molar-refractivity contribution in [1.82, 2.24) is 0 Å². The number of ether oxygens (including phenoxy) is 1. The third-order valence-corrected chi connectivity index (χ3v) is 4.31. The molecule has 0 heterocycles. The molecule has 2 nitrogen and oxygen atoms in total. The molecule has 0 spiro atoms. The SMILES string of the molecule is Cc1ccc(N=Cc2cccc(OCc3cccc(Cl)c3)c2)cc1Cl. The molecule has 0 saturated heterocycles. The number of halogens is 2. The van der Waals surface area contributed by atoms with E-state index in [1.165, 1.54) is 0 Å². The highest BCUT2D eigenvalue weighted by Gasteiger charge is 1.99. The van der Waals surface area contributed by atoms with Gasteiger partial charge in [-0.15, -0.1) is 0 Å². The maximum Gasteiger partial charge on any atom is 0.120 e. The van der Waals surface area contributed by atoms with E-state index >= 15 is 0 Å². The van der Waals surface area contributed by atoms with E-state index in [-0.39, 0.29) is 0 Å². The predicted octanol–water partition coefficient (Wildman–Crippen LogP) is 6.63. The van der Waals surface area contributed by atoms with Gasteiger partial charge in [0.15, 0.2) is 0 Å². The van der Waals surface area contributed by atoms with Gasteiger partial charge in [-0.3, -0.25) is 4.99 Å². The van der Waals surface area contributed by atoms with Crippen LogP contribution >= 0.6 is 23.2 Å². The summed E-state index contributed by atoms with van der Waals surface area (Å²) in [6.07, 6.45) is 1.80. The van der Waals surface area contributed by atoms with E-state index in [1.54, 1.807) is 6.21 Å². The number of benzene rings is 3. The number of hydrogen-bond donors (Lipinski definition) is 0. The molecule has 0 saturated carbocycles. The molecule has 0 radical (unpaired) electrons. The van der Waals surface area contributed by atoms with Crippen LogP contribution in [0.3, 0.4) is 0 Å². The van der Waals surface area contributed by atoms with Gasteiger partial charge in [0.25, 0.3) is 0 Å². The second-order valence-electron chi connectivity index (χ2n) is 5.68. The summed E-state index contributed by atoms with van der Waals surface area (Å²) in [4.78, 5) is 4.47. The van der Waals surface area contributed by atoms with Gasteiger partial charge >= 0.3 is 0 Å². The highest BCUT2D eigenvalue weighted by atomic mass is 35.5. The molecule has 0 aliphatic carbocycles. The number of nitrogens with zero attached hydrogens (tertiary/aromatic N) is 1. The molecule has 0 aliphatic heterocycles. The number of aliphatic imine (C=N–C) groups is 1. The minimum Gasteiger partial charge on any atom is -0.489 e. The van der Waals surface area contributed by atoms with Gasteiger partial charge in [-0.25, -0.2) is 0 Å². The van der Waals surface area contributed by atoms with Crippen LogP contribution in [0.1, 0.15) is 16.7 Å². The Bertz CT molecular complexity index is 906. The Balaban J connectivity index is 1.68. The van der Waals surface area contributed by atoms with Crippen LogP contribution < -0.4 is 4.74 Å². The molecule has 0 fully saturated rings. The highest BCUT2D eigenvalue weighted by molar-refractivity contribution is 6.31. The minimum atomic E-state index is 0.467. The molecule has 0 aromatic heterocycles. The van der Waals surface area contributed by atoms with Crippen molar-refractivity contribution in [2.24, 2.45) is 4.99 Å². The molecule has 0 N–H and O–H groups in total. The van der Waals surface area contributed by atoms with Crippen LogP contribution in [0.4, 0.5) is 5.69 Å². The molecule has 0 aliphatic rings. The van der Waals surface area contributed by atoms with E-state index in [2.05, 4.69) is 4.99 Å². The second-order valence-corrected chi connectivity index (χ2v) is 6.53. The topological polar surface area (TPSA) is 21.6 Å². The van der Waals surface area contributed by atoms with Gasteiger partial charge in [0.1, 0.15) is 12.4 Å². The molecular weight excluding hydrogens is 353 g/mol. The van der Waals surface area contributed by atoms with Gasteiger partial charge in [0, 0.05) is 16.3 Å². The van der Waals surface area contributed by atoms with Crippen molar-refractivity contribution in [1.29, 1.82) is 0 Å². The highest BCUT2D eigenvalue weighted by Crippen LogP contribution is 2.22. The molecular formula is C21H17Cl2NO. The van der Waals surface area contributed by atoms with Crippen LogP contribution in [0, 0.1) is 6.92 Å². The number of rotatable bonds is 5. The van der Waals surface area contributed by atoms with Crippen LogP contribution in [0.15, 0.2) is 71.7 Å². The van der Waals surface area contributed by atoms with E-state index < -0.39 is 0 Å². The monoisotopic (exact) mass is 369 g/mol. The summed E-state index contributed by atoms with van der Waals surface area (Å²) in [6, 6.07) is 21.2. The van der Waals surface area contributed by atoms with E-state index in [9.17, 15) is 0 Å². The lowest BCUT2D eigenvalue weighted by Crippen LogP contribution is -1.95. The van der Waals surface area contributed by atoms with Crippen molar-refractivity contribution in [3.05, 3.63) is 93.5 Å². The maximum atomic E-state index is 6.13. The van der Waals surface area contributed by atoms with E-state index in [1.807, 2.05) is 73.7 Å².